The molecule has 3 aromatic rings. The number of rotatable bonds is 6. The summed E-state index contributed by atoms with van der Waals surface area (Å²) in [7, 11) is 1.86. The Hall–Kier alpha value is -2.49. The Balaban J connectivity index is 1.95. The van der Waals surface area contributed by atoms with Gasteiger partial charge in [-0.05, 0) is 48.3 Å². The number of nitro groups is 1. The average Bonchev–Trinajstić information content (AvgIpc) is 3.07. The maximum Gasteiger partial charge on any atom is 0.282 e. The van der Waals surface area contributed by atoms with Crippen LogP contribution < -0.4 is 5.32 Å². The minimum absolute atomic E-state index is 0.00947. The van der Waals surface area contributed by atoms with Crippen molar-refractivity contribution < 1.29 is 9.72 Å². The van der Waals surface area contributed by atoms with E-state index in [9.17, 15) is 14.9 Å². The summed E-state index contributed by atoms with van der Waals surface area (Å²) in [5.74, 6) is -0.577. The van der Waals surface area contributed by atoms with E-state index in [1.54, 1.807) is 30.5 Å². The minimum Gasteiger partial charge on any atom is -0.329 e. The Morgan fingerprint density at radius 3 is 2.71 bits per heavy atom. The van der Waals surface area contributed by atoms with Crippen LogP contribution in [0.5, 0.6) is 0 Å². The van der Waals surface area contributed by atoms with Crippen molar-refractivity contribution in [1.29, 1.82) is 0 Å². The number of thioether (sulfide) groups is 1. The number of imidazole rings is 1. The van der Waals surface area contributed by atoms with Crippen LogP contribution in [0.25, 0.3) is 0 Å². The molecule has 0 aliphatic heterocycles. The summed E-state index contributed by atoms with van der Waals surface area (Å²) in [4.78, 5) is 29.3. The Kier molecular flexibility index (Phi) is 6.28. The molecule has 0 radical (unpaired) electrons. The third-order valence-corrected chi connectivity index (χ3v) is 5.93. The van der Waals surface area contributed by atoms with Crippen LogP contribution in [-0.4, -0.2) is 26.6 Å². The van der Waals surface area contributed by atoms with Crippen molar-refractivity contribution in [2.75, 3.05) is 11.6 Å². The number of hydrogen-bond donors (Lipinski definition) is 1. The van der Waals surface area contributed by atoms with Gasteiger partial charge >= 0.3 is 0 Å². The van der Waals surface area contributed by atoms with E-state index in [-0.39, 0.29) is 11.3 Å². The molecule has 0 fully saturated rings. The van der Waals surface area contributed by atoms with Crippen molar-refractivity contribution in [3.8, 4) is 0 Å². The largest absolute Gasteiger partial charge is 0.329 e. The van der Waals surface area contributed by atoms with Gasteiger partial charge in [-0.25, -0.2) is 4.98 Å². The molecule has 1 N–H and O–H groups in total. The first-order chi connectivity index (χ1) is 13.4. The zero-order chi connectivity index (χ0) is 20.3. The van der Waals surface area contributed by atoms with Gasteiger partial charge < -0.3 is 9.88 Å². The molecule has 10 heteroatoms. The first-order valence-corrected chi connectivity index (χ1v) is 10.4. The van der Waals surface area contributed by atoms with Crippen LogP contribution in [0.4, 0.5) is 11.4 Å². The quantitative estimate of drug-likeness (QED) is 0.329. The van der Waals surface area contributed by atoms with Crippen molar-refractivity contribution in [1.82, 2.24) is 9.55 Å². The summed E-state index contributed by atoms with van der Waals surface area (Å²) < 4.78 is 1.84. The highest BCUT2D eigenvalue weighted by atomic mass is 35.5. The molecule has 0 aliphatic rings. The molecule has 144 valence electrons. The van der Waals surface area contributed by atoms with Crippen LogP contribution in [-0.2, 0) is 7.05 Å². The number of nitro benzene ring substituents is 1. The highest BCUT2D eigenvalue weighted by molar-refractivity contribution is 7.99. The van der Waals surface area contributed by atoms with Gasteiger partial charge in [0, 0.05) is 40.3 Å². The second kappa shape index (κ2) is 8.68. The van der Waals surface area contributed by atoms with Crippen LogP contribution in [0.15, 0.2) is 63.7 Å². The molecule has 1 amide bonds. The number of aryl methyl sites for hydroxylation is 1. The summed E-state index contributed by atoms with van der Waals surface area (Å²) >= 11 is 8.85. The number of nitrogens with zero attached hydrogens (tertiary/aromatic N) is 3. The van der Waals surface area contributed by atoms with E-state index in [0.717, 1.165) is 14.9 Å². The molecule has 28 heavy (non-hydrogen) atoms. The van der Waals surface area contributed by atoms with Crippen LogP contribution in [0.1, 0.15) is 10.4 Å². The summed E-state index contributed by atoms with van der Waals surface area (Å²) in [6, 6.07) is 9.54. The van der Waals surface area contributed by atoms with Crippen molar-refractivity contribution in [3.05, 3.63) is 69.5 Å². The predicted octanol–water partition coefficient (Wildman–Crippen LogP) is 5.11. The van der Waals surface area contributed by atoms with Gasteiger partial charge in [0.1, 0.15) is 5.56 Å². The van der Waals surface area contributed by atoms with Crippen LogP contribution in [0, 0.1) is 10.1 Å². The molecule has 0 saturated carbocycles. The van der Waals surface area contributed by atoms with E-state index < -0.39 is 10.8 Å². The van der Waals surface area contributed by atoms with Gasteiger partial charge in [-0.3, -0.25) is 14.9 Å². The molecule has 2 aromatic carbocycles. The first-order valence-electron chi connectivity index (χ1n) is 7.97. The number of nitrogens with one attached hydrogen (secondary N) is 1. The fourth-order valence-electron chi connectivity index (χ4n) is 2.41. The van der Waals surface area contributed by atoms with Crippen LogP contribution >= 0.6 is 35.1 Å². The fourth-order valence-corrected chi connectivity index (χ4v) is 3.89. The topological polar surface area (TPSA) is 90.1 Å². The lowest BCUT2D eigenvalue weighted by Crippen LogP contribution is -2.14. The van der Waals surface area contributed by atoms with Crippen LogP contribution in [0.3, 0.4) is 0 Å². The molecule has 0 unspecified atom stereocenters. The van der Waals surface area contributed by atoms with E-state index in [4.69, 9.17) is 11.6 Å². The highest BCUT2D eigenvalue weighted by Crippen LogP contribution is 2.35. The number of carbonyl (C=O) groups is 1. The van der Waals surface area contributed by atoms with Gasteiger partial charge in [-0.2, -0.15) is 0 Å². The highest BCUT2D eigenvalue weighted by Gasteiger charge is 2.22. The number of carbonyl (C=O) groups excluding carboxylic acids is 1. The molecular weight excluding hydrogens is 420 g/mol. The molecule has 7 nitrogen and oxygen atoms in total. The monoisotopic (exact) mass is 434 g/mol. The molecule has 0 bridgehead atoms. The van der Waals surface area contributed by atoms with Gasteiger partial charge in [0.05, 0.1) is 10.6 Å². The number of anilines is 1. The number of benzene rings is 2. The number of hydrogen-bond acceptors (Lipinski definition) is 6. The minimum atomic E-state index is -0.577. The standard InChI is InChI=1S/C18H15ClN4O3S2/c1-22-8-7-20-18(22)28-16-6-3-11(19)9-14(16)21-17(24)13-10-12(27-2)4-5-15(13)23(25)26/h3-10H,1-2H3,(H,21,24). The number of amides is 1. The van der Waals surface area contributed by atoms with Crippen LogP contribution in [0.2, 0.25) is 5.02 Å². The van der Waals surface area contributed by atoms with E-state index in [1.807, 2.05) is 24.1 Å². The second-order valence-corrected chi connectivity index (χ2v) is 7.98. The molecule has 0 spiro atoms. The van der Waals surface area contributed by atoms with Crippen molar-refractivity contribution in [2.45, 2.75) is 14.9 Å². The van der Waals surface area contributed by atoms with Gasteiger partial charge in [-0.15, -0.1) is 11.8 Å². The fraction of sp³-hybridized carbons (Fsp3) is 0.111. The Morgan fingerprint density at radius 2 is 2.07 bits per heavy atom. The smallest absolute Gasteiger partial charge is 0.282 e. The van der Waals surface area contributed by atoms with Gasteiger partial charge in [0.15, 0.2) is 5.16 Å². The van der Waals surface area contributed by atoms with Gasteiger partial charge in [0.2, 0.25) is 0 Å². The first kappa shape index (κ1) is 20.2. The normalized spacial score (nSPS) is 10.7. The summed E-state index contributed by atoms with van der Waals surface area (Å²) in [5, 5.41) is 15.2. The summed E-state index contributed by atoms with van der Waals surface area (Å²) in [6.45, 7) is 0. The maximum atomic E-state index is 12.8. The predicted molar refractivity (Wildman–Crippen MR) is 112 cm³/mol. The van der Waals surface area contributed by atoms with Crippen molar-refractivity contribution in [2.24, 2.45) is 7.05 Å². The summed E-state index contributed by atoms with van der Waals surface area (Å²) in [5.41, 5.74) is 0.190. The third kappa shape index (κ3) is 4.49. The number of halogens is 1. The molecule has 0 saturated heterocycles. The molecule has 3 rings (SSSR count). The van der Waals surface area contributed by atoms with Crippen molar-refractivity contribution >= 4 is 52.4 Å². The lowest BCUT2D eigenvalue weighted by Gasteiger charge is -2.12. The lowest BCUT2D eigenvalue weighted by atomic mass is 10.1. The zero-order valence-corrected chi connectivity index (χ0v) is 17.3. The Bertz CT molecular complexity index is 1060. The summed E-state index contributed by atoms with van der Waals surface area (Å²) in [6.07, 6.45) is 5.32. The lowest BCUT2D eigenvalue weighted by molar-refractivity contribution is -0.385. The maximum absolute atomic E-state index is 12.8. The van der Waals surface area contributed by atoms with E-state index in [1.165, 1.54) is 35.7 Å². The third-order valence-electron chi connectivity index (χ3n) is 3.81. The Labute approximate surface area is 174 Å². The van der Waals surface area contributed by atoms with E-state index in [2.05, 4.69) is 10.3 Å². The molecule has 1 heterocycles. The Morgan fingerprint density at radius 1 is 1.29 bits per heavy atom. The second-order valence-electron chi connectivity index (χ2n) is 5.66. The average molecular weight is 435 g/mol. The van der Waals surface area contributed by atoms with Crippen molar-refractivity contribution in [3.63, 3.8) is 0 Å². The van der Waals surface area contributed by atoms with Gasteiger partial charge in [0.25, 0.3) is 11.6 Å². The molecule has 0 atom stereocenters. The molecule has 1 aromatic heterocycles. The number of aromatic nitrogens is 2. The van der Waals surface area contributed by atoms with E-state index >= 15 is 0 Å². The molecular formula is C18H15ClN4O3S2. The SMILES string of the molecule is CSc1ccc([N+](=O)[O-])c(C(=O)Nc2cc(Cl)ccc2Sc2nccn2C)c1. The zero-order valence-electron chi connectivity index (χ0n) is 14.9. The molecule has 0 aliphatic carbocycles. The van der Waals surface area contributed by atoms with E-state index in [0.29, 0.717) is 10.7 Å². The van der Waals surface area contributed by atoms with Gasteiger partial charge in [-0.1, -0.05) is 11.6 Å².